The zero-order valence-electron chi connectivity index (χ0n) is 13.1. The fraction of sp³-hybridized carbons (Fsp3) is 0.353. The van der Waals surface area contributed by atoms with Crippen LogP contribution in [0.1, 0.15) is 31.2 Å². The van der Waals surface area contributed by atoms with Crippen molar-refractivity contribution in [1.82, 2.24) is 5.32 Å². The molecule has 0 fully saturated rings. The average molecular weight is 335 g/mol. The van der Waals surface area contributed by atoms with E-state index in [0.29, 0.717) is 35.8 Å². The summed E-state index contributed by atoms with van der Waals surface area (Å²) < 4.78 is 24.3. The van der Waals surface area contributed by atoms with E-state index in [1.165, 1.54) is 23.5 Å². The van der Waals surface area contributed by atoms with E-state index in [-0.39, 0.29) is 18.5 Å². The van der Waals surface area contributed by atoms with Gasteiger partial charge in [-0.05, 0) is 49.6 Å². The SMILES string of the molecule is Cc1cc(C(=O)NCCc2cc(F)cc3c2OCOC3)sc1C. The fourth-order valence-electron chi connectivity index (χ4n) is 2.53. The Hall–Kier alpha value is -1.92. The molecule has 0 saturated carbocycles. The maximum absolute atomic E-state index is 13.7. The molecule has 0 bridgehead atoms. The molecular formula is C17H18FNO3S. The quantitative estimate of drug-likeness (QED) is 0.932. The average Bonchev–Trinajstić information content (AvgIpc) is 2.86. The second-order valence-electron chi connectivity index (χ2n) is 5.52. The Morgan fingerprint density at radius 3 is 2.91 bits per heavy atom. The highest BCUT2D eigenvalue weighted by molar-refractivity contribution is 7.14. The third-order valence-electron chi connectivity index (χ3n) is 3.82. The molecule has 1 aliphatic heterocycles. The second-order valence-corrected chi connectivity index (χ2v) is 6.78. The number of fused-ring (bicyclic) bond motifs is 1. The Morgan fingerprint density at radius 2 is 2.17 bits per heavy atom. The van der Waals surface area contributed by atoms with Gasteiger partial charge in [-0.1, -0.05) is 0 Å². The van der Waals surface area contributed by atoms with Crippen LogP contribution in [0, 0.1) is 19.7 Å². The lowest BCUT2D eigenvalue weighted by molar-refractivity contribution is -0.0172. The van der Waals surface area contributed by atoms with Gasteiger partial charge in [0.1, 0.15) is 11.6 Å². The molecule has 6 heteroatoms. The number of nitrogens with one attached hydrogen (secondary N) is 1. The Kier molecular flexibility index (Phi) is 4.63. The summed E-state index contributed by atoms with van der Waals surface area (Å²) in [6, 6.07) is 4.77. The van der Waals surface area contributed by atoms with Crippen molar-refractivity contribution in [2.75, 3.05) is 13.3 Å². The van der Waals surface area contributed by atoms with Crippen molar-refractivity contribution in [2.24, 2.45) is 0 Å². The summed E-state index contributed by atoms with van der Waals surface area (Å²) >= 11 is 1.48. The molecule has 0 atom stereocenters. The predicted molar refractivity (Wildman–Crippen MR) is 86.5 cm³/mol. The van der Waals surface area contributed by atoms with Crippen LogP contribution in [0.2, 0.25) is 0 Å². The molecule has 4 nitrogen and oxygen atoms in total. The van der Waals surface area contributed by atoms with Gasteiger partial charge in [-0.3, -0.25) is 4.79 Å². The van der Waals surface area contributed by atoms with Crippen LogP contribution in [-0.4, -0.2) is 19.2 Å². The summed E-state index contributed by atoms with van der Waals surface area (Å²) in [6.45, 7) is 4.93. The Labute approximate surface area is 138 Å². The van der Waals surface area contributed by atoms with Crippen molar-refractivity contribution in [2.45, 2.75) is 26.9 Å². The molecule has 2 aromatic rings. The van der Waals surface area contributed by atoms with Crippen molar-refractivity contribution in [3.63, 3.8) is 0 Å². The maximum atomic E-state index is 13.7. The largest absolute Gasteiger partial charge is 0.467 e. The van der Waals surface area contributed by atoms with Gasteiger partial charge in [0.05, 0.1) is 11.5 Å². The van der Waals surface area contributed by atoms with Crippen molar-refractivity contribution < 1.29 is 18.7 Å². The van der Waals surface area contributed by atoms with Crippen molar-refractivity contribution in [1.29, 1.82) is 0 Å². The van der Waals surface area contributed by atoms with Crippen LogP contribution in [0.5, 0.6) is 5.75 Å². The highest BCUT2D eigenvalue weighted by Gasteiger charge is 2.17. The van der Waals surface area contributed by atoms with Crippen molar-refractivity contribution in [3.8, 4) is 5.75 Å². The standard InChI is InChI=1S/C17H18FNO3S/c1-10-5-15(23-11(10)2)17(20)19-4-3-12-6-14(18)7-13-8-21-9-22-16(12)13/h5-7H,3-4,8-9H2,1-2H3,(H,19,20). The second kappa shape index (κ2) is 6.68. The smallest absolute Gasteiger partial charge is 0.261 e. The van der Waals surface area contributed by atoms with Gasteiger partial charge in [0, 0.05) is 17.0 Å². The van der Waals surface area contributed by atoms with Crippen molar-refractivity contribution in [3.05, 3.63) is 50.5 Å². The zero-order valence-corrected chi connectivity index (χ0v) is 13.9. The minimum Gasteiger partial charge on any atom is -0.467 e. The number of hydrogen-bond donors (Lipinski definition) is 1. The lowest BCUT2D eigenvalue weighted by atomic mass is 10.1. The number of aryl methyl sites for hydroxylation is 2. The van der Waals surface area contributed by atoms with E-state index in [1.54, 1.807) is 0 Å². The summed E-state index contributed by atoms with van der Waals surface area (Å²) in [5.74, 6) is 0.263. The van der Waals surface area contributed by atoms with E-state index in [2.05, 4.69) is 5.32 Å². The lowest BCUT2D eigenvalue weighted by Gasteiger charge is -2.20. The number of carbonyl (C=O) groups excluding carboxylic acids is 1. The molecule has 23 heavy (non-hydrogen) atoms. The topological polar surface area (TPSA) is 47.6 Å². The van der Waals surface area contributed by atoms with Crippen LogP contribution in [0.15, 0.2) is 18.2 Å². The molecule has 1 aliphatic rings. The van der Waals surface area contributed by atoms with Crippen LogP contribution < -0.4 is 10.1 Å². The lowest BCUT2D eigenvalue weighted by Crippen LogP contribution is -2.25. The minimum atomic E-state index is -0.316. The van der Waals surface area contributed by atoms with E-state index in [4.69, 9.17) is 9.47 Å². The monoisotopic (exact) mass is 335 g/mol. The van der Waals surface area contributed by atoms with Gasteiger partial charge in [-0.25, -0.2) is 4.39 Å². The van der Waals surface area contributed by atoms with Gasteiger partial charge in [0.15, 0.2) is 6.79 Å². The number of hydrogen-bond acceptors (Lipinski definition) is 4. The van der Waals surface area contributed by atoms with E-state index in [9.17, 15) is 9.18 Å². The number of ether oxygens (including phenoxy) is 2. The first-order valence-corrected chi connectivity index (χ1v) is 8.23. The zero-order chi connectivity index (χ0) is 16.4. The molecule has 1 aromatic carbocycles. The van der Waals surface area contributed by atoms with E-state index in [1.807, 2.05) is 19.9 Å². The minimum absolute atomic E-state index is 0.0966. The van der Waals surface area contributed by atoms with E-state index in [0.717, 1.165) is 16.0 Å². The molecule has 0 saturated heterocycles. The summed E-state index contributed by atoms with van der Waals surface area (Å²) in [5.41, 5.74) is 2.58. The Bertz CT molecular complexity index is 722. The number of carbonyl (C=O) groups is 1. The number of amides is 1. The number of halogens is 1. The normalized spacial score (nSPS) is 13.3. The molecule has 1 N–H and O–H groups in total. The van der Waals surface area contributed by atoms with Gasteiger partial charge in [0.2, 0.25) is 0 Å². The van der Waals surface area contributed by atoms with Gasteiger partial charge >= 0.3 is 0 Å². The first-order valence-electron chi connectivity index (χ1n) is 7.41. The van der Waals surface area contributed by atoms with Gasteiger partial charge in [0.25, 0.3) is 5.91 Å². The van der Waals surface area contributed by atoms with E-state index < -0.39 is 0 Å². The summed E-state index contributed by atoms with van der Waals surface area (Å²) in [4.78, 5) is 14.0. The molecule has 0 radical (unpaired) electrons. The Morgan fingerprint density at radius 1 is 1.35 bits per heavy atom. The summed E-state index contributed by atoms with van der Waals surface area (Å²) in [5, 5.41) is 2.88. The van der Waals surface area contributed by atoms with Crippen molar-refractivity contribution >= 4 is 17.2 Å². The van der Waals surface area contributed by atoms with Crippen LogP contribution in [0.3, 0.4) is 0 Å². The van der Waals surface area contributed by atoms with Crippen LogP contribution in [-0.2, 0) is 17.8 Å². The molecule has 122 valence electrons. The summed E-state index contributed by atoms with van der Waals surface area (Å²) in [6.07, 6.45) is 0.509. The highest BCUT2D eigenvalue weighted by Crippen LogP contribution is 2.29. The highest BCUT2D eigenvalue weighted by atomic mass is 32.1. The molecule has 1 aromatic heterocycles. The predicted octanol–water partition coefficient (Wildman–Crippen LogP) is 3.34. The van der Waals surface area contributed by atoms with Gasteiger partial charge in [-0.2, -0.15) is 0 Å². The Balaban J connectivity index is 1.65. The first kappa shape index (κ1) is 16.0. The number of rotatable bonds is 4. The van der Waals surface area contributed by atoms with E-state index >= 15 is 0 Å². The van der Waals surface area contributed by atoms with Crippen LogP contribution >= 0.6 is 11.3 Å². The fourth-order valence-corrected chi connectivity index (χ4v) is 3.48. The number of benzene rings is 1. The van der Waals surface area contributed by atoms with Gasteiger partial charge in [-0.15, -0.1) is 11.3 Å². The molecule has 2 heterocycles. The first-order chi connectivity index (χ1) is 11.0. The molecule has 0 unspecified atom stereocenters. The number of thiophene rings is 1. The van der Waals surface area contributed by atoms with Crippen LogP contribution in [0.25, 0.3) is 0 Å². The molecule has 1 amide bonds. The molecular weight excluding hydrogens is 317 g/mol. The third-order valence-corrected chi connectivity index (χ3v) is 4.97. The molecule has 3 rings (SSSR count). The molecule has 0 aliphatic carbocycles. The summed E-state index contributed by atoms with van der Waals surface area (Å²) in [7, 11) is 0. The maximum Gasteiger partial charge on any atom is 0.261 e. The molecule has 0 spiro atoms. The van der Waals surface area contributed by atoms with Gasteiger partial charge < -0.3 is 14.8 Å². The third kappa shape index (κ3) is 3.54. The van der Waals surface area contributed by atoms with Crippen LogP contribution in [0.4, 0.5) is 4.39 Å².